The van der Waals surface area contributed by atoms with Crippen LogP contribution in [0.25, 0.3) is 11.0 Å². The van der Waals surface area contributed by atoms with E-state index >= 15 is 0 Å². The van der Waals surface area contributed by atoms with E-state index in [0.717, 1.165) is 22.2 Å². The Morgan fingerprint density at radius 2 is 1.78 bits per heavy atom. The van der Waals surface area contributed by atoms with Crippen molar-refractivity contribution in [2.45, 2.75) is 37.7 Å². The normalized spacial score (nSPS) is 22.1. The summed E-state index contributed by atoms with van der Waals surface area (Å²) >= 11 is 0. The topological polar surface area (TPSA) is 87.5 Å². The summed E-state index contributed by atoms with van der Waals surface area (Å²) in [5, 5.41) is 24.7. The Balaban J connectivity index is 1.66. The quantitative estimate of drug-likeness (QED) is 0.659. The van der Waals surface area contributed by atoms with E-state index in [4.69, 9.17) is 4.74 Å². The van der Waals surface area contributed by atoms with Gasteiger partial charge in [-0.1, -0.05) is 30.3 Å². The van der Waals surface area contributed by atoms with Crippen LogP contribution in [0.2, 0.25) is 0 Å². The number of hydrogen-bond acceptors (Lipinski definition) is 6. The Bertz CT molecular complexity index is 946. The minimum atomic E-state index is -0.790. The monoisotopic (exact) mass is 365 g/mol. The molecule has 1 aliphatic rings. The van der Waals surface area contributed by atoms with Crippen LogP contribution in [0.3, 0.4) is 0 Å². The number of aliphatic hydroxyl groups is 2. The highest BCUT2D eigenvalue weighted by Gasteiger charge is 2.43. The maximum Gasteiger partial charge on any atom is 0.131 e. The van der Waals surface area contributed by atoms with Crippen molar-refractivity contribution in [2.24, 2.45) is 0 Å². The molecule has 140 valence electrons. The lowest BCUT2D eigenvalue weighted by Gasteiger charge is -2.42. The van der Waals surface area contributed by atoms with E-state index in [1.807, 2.05) is 56.3 Å². The molecule has 2 heterocycles. The average molecular weight is 365 g/mol. The molecule has 1 aromatic heterocycles. The molecule has 3 atom stereocenters. The molecular formula is C21H23N3O3. The van der Waals surface area contributed by atoms with Gasteiger partial charge in [-0.25, -0.2) is 0 Å². The molecule has 3 aromatic rings. The highest BCUT2D eigenvalue weighted by molar-refractivity contribution is 5.77. The van der Waals surface area contributed by atoms with Crippen LogP contribution in [0, 0.1) is 0 Å². The van der Waals surface area contributed by atoms with Gasteiger partial charge in [-0.2, -0.15) is 0 Å². The van der Waals surface area contributed by atoms with E-state index < -0.39 is 23.9 Å². The van der Waals surface area contributed by atoms with Gasteiger partial charge >= 0.3 is 0 Å². The van der Waals surface area contributed by atoms with Gasteiger partial charge in [-0.15, -0.1) is 0 Å². The van der Waals surface area contributed by atoms with Crippen LogP contribution in [-0.4, -0.2) is 38.4 Å². The lowest BCUT2D eigenvalue weighted by Crippen LogP contribution is -2.53. The third-order valence-electron chi connectivity index (χ3n) is 5.05. The van der Waals surface area contributed by atoms with E-state index in [2.05, 4.69) is 15.3 Å². The van der Waals surface area contributed by atoms with E-state index in [1.54, 1.807) is 12.4 Å². The fourth-order valence-electron chi connectivity index (χ4n) is 3.51. The zero-order valence-electron chi connectivity index (χ0n) is 15.3. The molecule has 3 unspecified atom stereocenters. The largest absolute Gasteiger partial charge is 0.485 e. The molecule has 0 amide bonds. The molecule has 3 N–H and O–H groups in total. The third-order valence-corrected chi connectivity index (χ3v) is 5.05. The number of fused-ring (bicyclic) bond motifs is 2. The van der Waals surface area contributed by atoms with E-state index in [9.17, 15) is 10.2 Å². The standard InChI is InChI=1S/C21H23N3O3/c1-21(2)20(26)19(24-12-17(25)13-6-4-3-5-7-13)14-10-15-16(11-18(14)27-21)23-9-8-22-15/h3-11,17,19-20,24-26H,12H2,1-2H3. The minimum Gasteiger partial charge on any atom is -0.485 e. The summed E-state index contributed by atoms with van der Waals surface area (Å²) in [6.07, 6.45) is 1.82. The molecule has 6 heteroatoms. The summed E-state index contributed by atoms with van der Waals surface area (Å²) < 4.78 is 6.04. The van der Waals surface area contributed by atoms with Crippen LogP contribution in [-0.2, 0) is 0 Å². The van der Waals surface area contributed by atoms with Gasteiger partial charge in [0.15, 0.2) is 0 Å². The second kappa shape index (κ2) is 6.88. The van der Waals surface area contributed by atoms with Crippen LogP contribution in [0.1, 0.15) is 37.1 Å². The summed E-state index contributed by atoms with van der Waals surface area (Å²) in [6, 6.07) is 12.8. The molecule has 0 saturated heterocycles. The van der Waals surface area contributed by atoms with E-state index in [0.29, 0.717) is 12.3 Å². The van der Waals surface area contributed by atoms with Crippen molar-refractivity contribution in [1.82, 2.24) is 15.3 Å². The zero-order chi connectivity index (χ0) is 19.0. The van der Waals surface area contributed by atoms with Crippen molar-refractivity contribution in [3.63, 3.8) is 0 Å². The molecule has 0 spiro atoms. The number of nitrogens with one attached hydrogen (secondary N) is 1. The fraction of sp³-hybridized carbons (Fsp3) is 0.333. The number of ether oxygens (including phenoxy) is 1. The minimum absolute atomic E-state index is 0.305. The van der Waals surface area contributed by atoms with Gasteiger partial charge in [0.1, 0.15) is 17.5 Å². The Labute approximate surface area is 157 Å². The fourth-order valence-corrected chi connectivity index (χ4v) is 3.51. The summed E-state index contributed by atoms with van der Waals surface area (Å²) in [5.74, 6) is 0.671. The summed E-state index contributed by atoms with van der Waals surface area (Å²) in [5.41, 5.74) is 2.34. The molecule has 6 nitrogen and oxygen atoms in total. The van der Waals surface area contributed by atoms with Gasteiger partial charge in [0.25, 0.3) is 0 Å². The lowest BCUT2D eigenvalue weighted by atomic mass is 9.86. The summed E-state index contributed by atoms with van der Waals surface area (Å²) in [6.45, 7) is 4.01. The molecule has 0 saturated carbocycles. The molecule has 0 bridgehead atoms. The van der Waals surface area contributed by atoms with E-state index in [-0.39, 0.29) is 0 Å². The first-order valence-corrected chi connectivity index (χ1v) is 9.04. The molecule has 0 radical (unpaired) electrons. The lowest BCUT2D eigenvalue weighted by molar-refractivity contribution is -0.0659. The van der Waals surface area contributed by atoms with Crippen LogP contribution in [0.4, 0.5) is 0 Å². The SMILES string of the molecule is CC1(C)Oc2cc3nccnc3cc2C(NCC(O)c2ccccc2)C1O. The number of rotatable bonds is 4. The van der Waals surface area contributed by atoms with E-state index in [1.165, 1.54) is 0 Å². The number of hydrogen-bond donors (Lipinski definition) is 3. The predicted octanol–water partition coefficient (Wildman–Crippen LogP) is 2.53. The van der Waals surface area contributed by atoms with Gasteiger partial charge in [-0.3, -0.25) is 9.97 Å². The van der Waals surface area contributed by atoms with Crippen LogP contribution < -0.4 is 10.1 Å². The number of nitrogens with zero attached hydrogens (tertiary/aromatic N) is 2. The molecular weight excluding hydrogens is 342 g/mol. The molecule has 0 aliphatic carbocycles. The Morgan fingerprint density at radius 1 is 1.11 bits per heavy atom. The van der Waals surface area contributed by atoms with Crippen molar-refractivity contribution < 1.29 is 14.9 Å². The van der Waals surface area contributed by atoms with Crippen molar-refractivity contribution >= 4 is 11.0 Å². The zero-order valence-corrected chi connectivity index (χ0v) is 15.3. The highest BCUT2D eigenvalue weighted by Crippen LogP contribution is 2.41. The smallest absolute Gasteiger partial charge is 0.131 e. The van der Waals surface area contributed by atoms with Crippen LogP contribution >= 0.6 is 0 Å². The van der Waals surface area contributed by atoms with Gasteiger partial charge in [0.05, 0.1) is 23.2 Å². The second-order valence-electron chi connectivity index (χ2n) is 7.40. The van der Waals surface area contributed by atoms with Gasteiger partial charge in [-0.05, 0) is 25.5 Å². The summed E-state index contributed by atoms with van der Waals surface area (Å²) in [7, 11) is 0. The van der Waals surface area contributed by atoms with Crippen LogP contribution in [0.15, 0.2) is 54.9 Å². The molecule has 1 aliphatic heterocycles. The molecule has 4 rings (SSSR count). The second-order valence-corrected chi connectivity index (χ2v) is 7.40. The summed E-state index contributed by atoms with van der Waals surface area (Å²) in [4.78, 5) is 8.68. The maximum atomic E-state index is 10.9. The Morgan fingerprint density at radius 3 is 2.48 bits per heavy atom. The predicted molar refractivity (Wildman–Crippen MR) is 102 cm³/mol. The highest BCUT2D eigenvalue weighted by atomic mass is 16.5. The van der Waals surface area contributed by atoms with Crippen molar-refractivity contribution in [3.8, 4) is 5.75 Å². The molecule has 0 fully saturated rings. The number of aromatic nitrogens is 2. The van der Waals surface area contributed by atoms with Crippen molar-refractivity contribution in [1.29, 1.82) is 0 Å². The van der Waals surface area contributed by atoms with Crippen LogP contribution in [0.5, 0.6) is 5.75 Å². The number of benzene rings is 2. The first-order valence-electron chi connectivity index (χ1n) is 9.04. The molecule has 27 heavy (non-hydrogen) atoms. The number of aliphatic hydroxyl groups excluding tert-OH is 2. The van der Waals surface area contributed by atoms with Gasteiger partial charge in [0, 0.05) is 30.6 Å². The average Bonchev–Trinajstić information content (AvgIpc) is 2.67. The Hall–Kier alpha value is -2.54. The maximum absolute atomic E-state index is 10.9. The van der Waals surface area contributed by atoms with Gasteiger partial charge < -0.3 is 20.3 Å². The Kier molecular flexibility index (Phi) is 4.55. The van der Waals surface area contributed by atoms with Gasteiger partial charge in [0.2, 0.25) is 0 Å². The first kappa shape index (κ1) is 17.9. The van der Waals surface area contributed by atoms with Crippen molar-refractivity contribution in [3.05, 3.63) is 66.0 Å². The first-order chi connectivity index (χ1) is 13.0. The molecule has 2 aromatic carbocycles. The van der Waals surface area contributed by atoms with Crippen molar-refractivity contribution in [2.75, 3.05) is 6.54 Å². The third kappa shape index (κ3) is 3.39.